The van der Waals surface area contributed by atoms with E-state index < -0.39 is 16.2 Å². The highest BCUT2D eigenvalue weighted by molar-refractivity contribution is 7.86. The minimum Gasteiger partial charge on any atom is -0.478 e. The highest BCUT2D eigenvalue weighted by Crippen LogP contribution is 2.24. The molecule has 1 aliphatic rings. The van der Waals surface area contributed by atoms with Crippen LogP contribution in [0.3, 0.4) is 0 Å². The molecule has 0 aliphatic carbocycles. The van der Waals surface area contributed by atoms with Gasteiger partial charge >= 0.3 is 5.97 Å². The van der Waals surface area contributed by atoms with E-state index in [0.717, 1.165) is 36.1 Å². The topological polar surface area (TPSA) is 90.8 Å². The number of pyridine rings is 1. The summed E-state index contributed by atoms with van der Waals surface area (Å²) >= 11 is 0. The molecule has 0 unspecified atom stereocenters. The van der Waals surface area contributed by atoms with Crippen LogP contribution in [0, 0.1) is 5.92 Å². The predicted molar refractivity (Wildman–Crippen MR) is 107 cm³/mol. The fourth-order valence-electron chi connectivity index (χ4n) is 3.47. The van der Waals surface area contributed by atoms with Gasteiger partial charge in [0.2, 0.25) is 0 Å². The number of piperidine rings is 1. The maximum absolute atomic E-state index is 12.4. The maximum atomic E-state index is 12.4. The molecule has 3 rings (SSSR count). The molecule has 2 aromatic rings. The van der Waals surface area contributed by atoms with Crippen LogP contribution in [-0.2, 0) is 16.6 Å². The molecule has 1 N–H and O–H groups in total. The van der Waals surface area contributed by atoms with Crippen LogP contribution in [0.15, 0.2) is 42.6 Å². The van der Waals surface area contributed by atoms with Gasteiger partial charge < -0.3 is 5.11 Å². The fraction of sp³-hybridized carbons (Fsp3) is 0.400. The molecule has 7 nitrogen and oxygen atoms in total. The third kappa shape index (κ3) is 4.57. The molecule has 0 amide bonds. The minimum atomic E-state index is -3.37. The number of nitrogens with zero attached hydrogens (tertiary/aromatic N) is 3. The van der Waals surface area contributed by atoms with Gasteiger partial charge in [0.15, 0.2) is 0 Å². The first kappa shape index (κ1) is 20.4. The quantitative estimate of drug-likeness (QED) is 0.800. The second-order valence-corrected chi connectivity index (χ2v) is 9.44. The first-order valence-electron chi connectivity index (χ1n) is 9.23. The van der Waals surface area contributed by atoms with E-state index in [4.69, 9.17) is 5.11 Å². The van der Waals surface area contributed by atoms with Gasteiger partial charge in [-0.05, 0) is 48.9 Å². The monoisotopic (exact) mass is 403 g/mol. The van der Waals surface area contributed by atoms with Gasteiger partial charge in [-0.2, -0.15) is 17.0 Å². The molecule has 28 heavy (non-hydrogen) atoms. The van der Waals surface area contributed by atoms with Crippen molar-refractivity contribution in [2.75, 3.05) is 27.2 Å². The third-order valence-electron chi connectivity index (χ3n) is 5.05. The van der Waals surface area contributed by atoms with Crippen LogP contribution < -0.4 is 0 Å². The van der Waals surface area contributed by atoms with Crippen LogP contribution in [0.25, 0.3) is 11.3 Å². The Labute approximate surface area is 165 Å². The van der Waals surface area contributed by atoms with Crippen molar-refractivity contribution in [3.63, 3.8) is 0 Å². The Morgan fingerprint density at radius 3 is 2.50 bits per heavy atom. The summed E-state index contributed by atoms with van der Waals surface area (Å²) in [5, 5.41) is 8.98. The second-order valence-electron chi connectivity index (χ2n) is 7.29. The lowest BCUT2D eigenvalue weighted by Crippen LogP contribution is -2.45. The van der Waals surface area contributed by atoms with Gasteiger partial charge in [0.05, 0.1) is 11.3 Å². The van der Waals surface area contributed by atoms with Crippen molar-refractivity contribution < 1.29 is 18.3 Å². The van der Waals surface area contributed by atoms with Crippen molar-refractivity contribution in [3.8, 4) is 11.3 Å². The molecule has 1 fully saturated rings. The number of rotatable bonds is 6. The lowest BCUT2D eigenvalue weighted by molar-refractivity contribution is 0.0697. The molecule has 1 atom stereocenters. The lowest BCUT2D eigenvalue weighted by atomic mass is 9.93. The van der Waals surface area contributed by atoms with Gasteiger partial charge in [-0.3, -0.25) is 4.98 Å². The summed E-state index contributed by atoms with van der Waals surface area (Å²) in [4.78, 5) is 15.4. The van der Waals surface area contributed by atoms with Crippen molar-refractivity contribution in [3.05, 3.63) is 53.7 Å². The minimum absolute atomic E-state index is 0.245. The van der Waals surface area contributed by atoms with Gasteiger partial charge in [0.25, 0.3) is 10.2 Å². The fourth-order valence-corrected chi connectivity index (χ4v) is 4.69. The smallest absolute Gasteiger partial charge is 0.335 e. The Morgan fingerprint density at radius 1 is 1.21 bits per heavy atom. The molecule has 0 saturated carbocycles. The predicted octanol–water partition coefficient (Wildman–Crippen LogP) is 2.51. The first-order chi connectivity index (χ1) is 13.3. The van der Waals surface area contributed by atoms with Crippen molar-refractivity contribution in [1.29, 1.82) is 0 Å². The Bertz CT molecular complexity index is 925. The average molecular weight is 404 g/mol. The Balaban J connectivity index is 1.66. The SMILES string of the molecule is CN(C)S(=O)(=O)N1CCC[C@H](Cc2ccc(-c3ccc(C(=O)O)cc3)nc2)C1. The summed E-state index contributed by atoms with van der Waals surface area (Å²) in [6.07, 6.45) is 4.46. The van der Waals surface area contributed by atoms with Crippen LogP contribution in [-0.4, -0.2) is 60.3 Å². The summed E-state index contributed by atoms with van der Waals surface area (Å²) in [6, 6.07) is 10.5. The molecule has 1 saturated heterocycles. The van der Waals surface area contributed by atoms with Gasteiger partial charge in [-0.25, -0.2) is 4.79 Å². The summed E-state index contributed by atoms with van der Waals surface area (Å²) in [5.41, 5.74) is 2.95. The van der Waals surface area contributed by atoms with E-state index in [1.165, 1.54) is 4.31 Å². The van der Waals surface area contributed by atoms with Crippen LogP contribution >= 0.6 is 0 Å². The molecule has 0 spiro atoms. The molecule has 1 aromatic carbocycles. The van der Waals surface area contributed by atoms with Crippen LogP contribution in [0.2, 0.25) is 0 Å². The lowest BCUT2D eigenvalue weighted by Gasteiger charge is -2.33. The standard InChI is InChI=1S/C20H25N3O4S/c1-22(2)28(26,27)23-11-3-4-16(14-23)12-15-5-10-19(21-13-15)17-6-8-18(9-7-17)20(24)25/h5-10,13,16H,3-4,11-12,14H2,1-2H3,(H,24,25)/t16-/m1/s1. The van der Waals surface area contributed by atoms with E-state index in [-0.39, 0.29) is 11.5 Å². The number of carboxylic acids is 1. The Kier molecular flexibility index (Phi) is 6.12. The zero-order valence-electron chi connectivity index (χ0n) is 16.1. The van der Waals surface area contributed by atoms with Crippen molar-refractivity contribution in [2.45, 2.75) is 19.3 Å². The van der Waals surface area contributed by atoms with E-state index in [0.29, 0.717) is 13.1 Å². The van der Waals surface area contributed by atoms with E-state index >= 15 is 0 Å². The van der Waals surface area contributed by atoms with E-state index in [1.54, 1.807) is 42.7 Å². The van der Waals surface area contributed by atoms with Gasteiger partial charge in [0, 0.05) is 38.9 Å². The van der Waals surface area contributed by atoms with Crippen LogP contribution in [0.1, 0.15) is 28.8 Å². The molecule has 1 aliphatic heterocycles. The van der Waals surface area contributed by atoms with Crippen molar-refractivity contribution >= 4 is 16.2 Å². The van der Waals surface area contributed by atoms with E-state index in [1.807, 2.05) is 18.3 Å². The molecule has 150 valence electrons. The van der Waals surface area contributed by atoms with Crippen LogP contribution in [0.5, 0.6) is 0 Å². The molecular weight excluding hydrogens is 378 g/mol. The molecule has 0 bridgehead atoms. The summed E-state index contributed by atoms with van der Waals surface area (Å²) in [5.74, 6) is -0.682. The molecular formula is C20H25N3O4S. The number of benzene rings is 1. The van der Waals surface area contributed by atoms with E-state index in [2.05, 4.69) is 4.98 Å². The van der Waals surface area contributed by atoms with Crippen molar-refractivity contribution in [1.82, 2.24) is 13.6 Å². The van der Waals surface area contributed by atoms with Gasteiger partial charge in [0.1, 0.15) is 0 Å². The number of aromatic carboxylic acids is 1. The first-order valence-corrected chi connectivity index (χ1v) is 10.6. The van der Waals surface area contributed by atoms with Gasteiger partial charge in [-0.1, -0.05) is 18.2 Å². The summed E-state index contributed by atoms with van der Waals surface area (Å²) in [6.45, 7) is 1.10. The van der Waals surface area contributed by atoms with Gasteiger partial charge in [-0.15, -0.1) is 0 Å². The number of carbonyl (C=O) groups is 1. The molecule has 2 heterocycles. The number of aromatic nitrogens is 1. The average Bonchev–Trinajstić information content (AvgIpc) is 2.69. The molecule has 1 aromatic heterocycles. The zero-order chi connectivity index (χ0) is 20.3. The second kappa shape index (κ2) is 8.38. The molecule has 8 heteroatoms. The number of hydrogen-bond acceptors (Lipinski definition) is 4. The largest absolute Gasteiger partial charge is 0.478 e. The Hall–Kier alpha value is -2.29. The van der Waals surface area contributed by atoms with Crippen molar-refractivity contribution in [2.24, 2.45) is 5.92 Å². The molecule has 0 radical (unpaired) electrons. The highest BCUT2D eigenvalue weighted by atomic mass is 32.2. The number of hydrogen-bond donors (Lipinski definition) is 1. The Morgan fingerprint density at radius 2 is 1.93 bits per heavy atom. The zero-order valence-corrected chi connectivity index (χ0v) is 16.9. The number of carboxylic acid groups (broad SMARTS) is 1. The summed E-state index contributed by atoms with van der Waals surface area (Å²) < 4.78 is 27.5. The van der Waals surface area contributed by atoms with E-state index in [9.17, 15) is 13.2 Å². The summed E-state index contributed by atoms with van der Waals surface area (Å²) in [7, 11) is -0.248. The third-order valence-corrected chi connectivity index (χ3v) is 6.95. The normalized spacial score (nSPS) is 18.3. The highest BCUT2D eigenvalue weighted by Gasteiger charge is 2.30. The van der Waals surface area contributed by atoms with Crippen LogP contribution in [0.4, 0.5) is 0 Å². The maximum Gasteiger partial charge on any atom is 0.335 e.